The zero-order valence-electron chi connectivity index (χ0n) is 14.1. The summed E-state index contributed by atoms with van der Waals surface area (Å²) in [5, 5.41) is 7.12. The molecule has 2 aromatic carbocycles. The molecule has 0 fully saturated rings. The van der Waals surface area contributed by atoms with Crippen molar-refractivity contribution in [3.8, 4) is 0 Å². The van der Waals surface area contributed by atoms with Crippen molar-refractivity contribution in [2.45, 2.75) is 13.5 Å². The summed E-state index contributed by atoms with van der Waals surface area (Å²) in [5.74, 6) is -0.170. The van der Waals surface area contributed by atoms with Crippen LogP contribution < -0.4 is 5.32 Å². The lowest BCUT2D eigenvalue weighted by molar-refractivity contribution is -0.111. The SMILES string of the molecule is Cc1ccc(Cn2cc(Br)c(NC(=O)/C=C/c3ccc(F)cc3)n2)cc1. The molecule has 26 heavy (non-hydrogen) atoms. The van der Waals surface area contributed by atoms with Crippen molar-refractivity contribution in [3.63, 3.8) is 0 Å². The van der Waals surface area contributed by atoms with Gasteiger partial charge in [0.15, 0.2) is 5.82 Å². The van der Waals surface area contributed by atoms with Gasteiger partial charge in [0, 0.05) is 12.3 Å². The van der Waals surface area contributed by atoms with Gasteiger partial charge in [-0.15, -0.1) is 0 Å². The Bertz CT molecular complexity index is 931. The Balaban J connectivity index is 1.64. The fraction of sp³-hybridized carbons (Fsp3) is 0.100. The predicted octanol–water partition coefficient (Wildman–Crippen LogP) is 4.79. The monoisotopic (exact) mass is 413 g/mol. The van der Waals surface area contributed by atoms with E-state index in [2.05, 4.69) is 50.6 Å². The molecule has 1 N–H and O–H groups in total. The molecule has 0 saturated carbocycles. The molecule has 0 spiro atoms. The molecule has 1 amide bonds. The molecule has 0 radical (unpaired) electrons. The number of amides is 1. The molecule has 6 heteroatoms. The van der Waals surface area contributed by atoms with Crippen molar-refractivity contribution in [1.29, 1.82) is 0 Å². The first kappa shape index (κ1) is 18.1. The van der Waals surface area contributed by atoms with Gasteiger partial charge in [-0.2, -0.15) is 5.10 Å². The highest BCUT2D eigenvalue weighted by Gasteiger charge is 2.09. The van der Waals surface area contributed by atoms with Gasteiger partial charge in [-0.1, -0.05) is 42.0 Å². The molecule has 4 nitrogen and oxygen atoms in total. The van der Waals surface area contributed by atoms with Crippen molar-refractivity contribution < 1.29 is 9.18 Å². The van der Waals surface area contributed by atoms with E-state index in [4.69, 9.17) is 0 Å². The van der Waals surface area contributed by atoms with Crippen molar-refractivity contribution in [2.24, 2.45) is 0 Å². The number of nitrogens with one attached hydrogen (secondary N) is 1. The van der Waals surface area contributed by atoms with Gasteiger partial charge in [0.25, 0.3) is 0 Å². The number of hydrogen-bond acceptors (Lipinski definition) is 2. The number of carbonyl (C=O) groups is 1. The van der Waals surface area contributed by atoms with E-state index < -0.39 is 0 Å². The third-order valence-electron chi connectivity index (χ3n) is 3.72. The highest BCUT2D eigenvalue weighted by Crippen LogP contribution is 2.21. The van der Waals surface area contributed by atoms with E-state index in [0.717, 1.165) is 11.1 Å². The Morgan fingerprint density at radius 3 is 2.58 bits per heavy atom. The molecule has 1 aromatic heterocycles. The van der Waals surface area contributed by atoms with Crippen LogP contribution in [0.5, 0.6) is 0 Å². The normalized spacial score (nSPS) is 11.0. The molecule has 0 aliphatic rings. The van der Waals surface area contributed by atoms with Gasteiger partial charge in [-0.25, -0.2) is 4.39 Å². The first-order chi connectivity index (χ1) is 12.5. The lowest BCUT2D eigenvalue weighted by Gasteiger charge is -2.02. The minimum Gasteiger partial charge on any atom is -0.305 e. The van der Waals surface area contributed by atoms with E-state index in [1.54, 1.807) is 22.9 Å². The lowest BCUT2D eigenvalue weighted by Crippen LogP contribution is -2.09. The Morgan fingerprint density at radius 1 is 1.19 bits per heavy atom. The Kier molecular flexibility index (Phi) is 5.63. The maximum atomic E-state index is 12.9. The number of carbonyl (C=O) groups excluding carboxylic acids is 1. The van der Waals surface area contributed by atoms with E-state index in [1.807, 2.05) is 13.1 Å². The summed E-state index contributed by atoms with van der Waals surface area (Å²) in [4.78, 5) is 12.1. The molecular weight excluding hydrogens is 397 g/mol. The number of benzene rings is 2. The molecule has 0 aliphatic carbocycles. The average Bonchev–Trinajstić information content (AvgIpc) is 2.95. The number of hydrogen-bond donors (Lipinski definition) is 1. The number of aryl methyl sites for hydroxylation is 1. The topological polar surface area (TPSA) is 46.9 Å². The van der Waals surface area contributed by atoms with Gasteiger partial charge in [0.05, 0.1) is 11.0 Å². The third-order valence-corrected chi connectivity index (χ3v) is 4.30. The second-order valence-electron chi connectivity index (χ2n) is 5.88. The van der Waals surface area contributed by atoms with Gasteiger partial charge in [0.2, 0.25) is 5.91 Å². The van der Waals surface area contributed by atoms with Gasteiger partial charge < -0.3 is 5.32 Å². The molecular formula is C20H17BrFN3O. The molecule has 0 unspecified atom stereocenters. The van der Waals surface area contributed by atoms with Crippen LogP contribution in [0.15, 0.2) is 65.3 Å². The Hall–Kier alpha value is -2.73. The molecule has 0 saturated heterocycles. The van der Waals surface area contributed by atoms with Crippen LogP contribution in [0.2, 0.25) is 0 Å². The first-order valence-corrected chi connectivity index (χ1v) is 8.82. The fourth-order valence-electron chi connectivity index (χ4n) is 2.35. The van der Waals surface area contributed by atoms with Gasteiger partial charge in [0.1, 0.15) is 5.82 Å². The molecule has 3 aromatic rings. The van der Waals surface area contributed by atoms with Crippen molar-refractivity contribution in [3.05, 3.63) is 87.8 Å². The number of nitrogens with zero attached hydrogens (tertiary/aromatic N) is 2. The summed E-state index contributed by atoms with van der Waals surface area (Å²) in [6.07, 6.45) is 4.82. The zero-order chi connectivity index (χ0) is 18.5. The number of anilines is 1. The fourth-order valence-corrected chi connectivity index (χ4v) is 2.76. The molecule has 0 bridgehead atoms. The molecule has 0 aliphatic heterocycles. The van der Waals surface area contributed by atoms with Gasteiger partial charge >= 0.3 is 0 Å². The zero-order valence-corrected chi connectivity index (χ0v) is 15.7. The van der Waals surface area contributed by atoms with Crippen LogP contribution in [0.25, 0.3) is 6.08 Å². The van der Waals surface area contributed by atoms with Crippen molar-refractivity contribution in [2.75, 3.05) is 5.32 Å². The van der Waals surface area contributed by atoms with Crippen LogP contribution >= 0.6 is 15.9 Å². The minimum absolute atomic E-state index is 0.310. The molecule has 1 heterocycles. The maximum absolute atomic E-state index is 12.9. The van der Waals surface area contributed by atoms with Gasteiger partial charge in [-0.05, 0) is 52.2 Å². The largest absolute Gasteiger partial charge is 0.305 e. The van der Waals surface area contributed by atoms with E-state index in [0.29, 0.717) is 16.8 Å². The molecule has 132 valence electrons. The van der Waals surface area contributed by atoms with E-state index in [-0.39, 0.29) is 11.7 Å². The quantitative estimate of drug-likeness (QED) is 0.610. The Morgan fingerprint density at radius 2 is 1.88 bits per heavy atom. The summed E-state index contributed by atoms with van der Waals surface area (Å²) in [7, 11) is 0. The van der Waals surface area contributed by atoms with E-state index >= 15 is 0 Å². The summed E-state index contributed by atoms with van der Waals surface area (Å²) >= 11 is 3.41. The smallest absolute Gasteiger partial charge is 0.249 e. The highest BCUT2D eigenvalue weighted by atomic mass is 79.9. The average molecular weight is 414 g/mol. The Labute approximate surface area is 159 Å². The molecule has 0 atom stereocenters. The van der Waals surface area contributed by atoms with Crippen LogP contribution in [0.3, 0.4) is 0 Å². The van der Waals surface area contributed by atoms with Crippen LogP contribution in [0.4, 0.5) is 10.2 Å². The summed E-state index contributed by atoms with van der Waals surface area (Å²) < 4.78 is 15.3. The number of aromatic nitrogens is 2. The standard InChI is InChI=1S/C20H17BrFN3O/c1-14-2-4-16(5-3-14)12-25-13-18(21)20(24-25)23-19(26)11-8-15-6-9-17(22)10-7-15/h2-11,13H,12H2,1H3,(H,23,24,26)/b11-8+. The second-order valence-corrected chi connectivity index (χ2v) is 6.74. The van der Waals surface area contributed by atoms with Crippen molar-refractivity contribution in [1.82, 2.24) is 9.78 Å². The minimum atomic E-state index is -0.311. The summed E-state index contributed by atoms with van der Waals surface area (Å²) in [5.41, 5.74) is 3.07. The molecule has 3 rings (SSSR count). The summed E-state index contributed by atoms with van der Waals surface area (Å²) in [6.45, 7) is 2.65. The van der Waals surface area contributed by atoms with Crippen LogP contribution in [0, 0.1) is 12.7 Å². The summed E-state index contributed by atoms with van der Waals surface area (Å²) in [6, 6.07) is 14.1. The van der Waals surface area contributed by atoms with Crippen LogP contribution in [-0.4, -0.2) is 15.7 Å². The predicted molar refractivity (Wildman–Crippen MR) is 104 cm³/mol. The lowest BCUT2D eigenvalue weighted by atomic mass is 10.1. The number of rotatable bonds is 5. The second kappa shape index (κ2) is 8.10. The van der Waals surface area contributed by atoms with Crippen molar-refractivity contribution >= 4 is 33.7 Å². The third kappa shape index (κ3) is 4.89. The maximum Gasteiger partial charge on any atom is 0.249 e. The van der Waals surface area contributed by atoms with E-state index in [1.165, 1.54) is 23.8 Å². The van der Waals surface area contributed by atoms with Crippen LogP contribution in [-0.2, 0) is 11.3 Å². The first-order valence-electron chi connectivity index (χ1n) is 8.03. The van der Waals surface area contributed by atoms with Crippen LogP contribution in [0.1, 0.15) is 16.7 Å². The van der Waals surface area contributed by atoms with E-state index in [9.17, 15) is 9.18 Å². The highest BCUT2D eigenvalue weighted by molar-refractivity contribution is 9.10. The van der Waals surface area contributed by atoms with Gasteiger partial charge in [-0.3, -0.25) is 9.48 Å². The number of halogens is 2.